The summed E-state index contributed by atoms with van der Waals surface area (Å²) in [6.45, 7) is 0. The molecule has 3 heterocycles. The minimum Gasteiger partial charge on any atom is -0.435 e. The molecule has 7 aromatic rings. The summed E-state index contributed by atoms with van der Waals surface area (Å²) in [5, 5.41) is 3.35. The van der Waals surface area contributed by atoms with E-state index in [1.807, 2.05) is 54.6 Å². The topological polar surface area (TPSA) is 64.7 Å². The molecule has 0 spiro atoms. The van der Waals surface area contributed by atoms with Crippen molar-refractivity contribution >= 4 is 32.8 Å². The van der Waals surface area contributed by atoms with E-state index in [4.69, 9.17) is 14.4 Å². The first-order valence-corrected chi connectivity index (χ1v) is 11.4. The molecule has 5 nitrogen and oxygen atoms in total. The zero-order valence-electron chi connectivity index (χ0n) is 18.6. The number of hydrogen-bond donors (Lipinski definition) is 0. The van der Waals surface area contributed by atoms with Crippen molar-refractivity contribution in [3.63, 3.8) is 0 Å². The van der Waals surface area contributed by atoms with Crippen LogP contribution in [0.4, 0.5) is 0 Å². The number of fused-ring (bicyclic) bond motifs is 4. The second kappa shape index (κ2) is 7.85. The van der Waals surface area contributed by atoms with Gasteiger partial charge in [-0.25, -0.2) is 15.0 Å². The number of para-hydroxylation sites is 2. The molecule has 0 aliphatic heterocycles. The fraction of sp³-hybridized carbons (Fsp3) is 0. The lowest BCUT2D eigenvalue weighted by molar-refractivity contribution is 0.617. The van der Waals surface area contributed by atoms with Crippen LogP contribution in [0.25, 0.3) is 67.0 Å². The Balaban J connectivity index is 1.45. The third-order valence-corrected chi connectivity index (χ3v) is 6.17. The molecule has 0 unspecified atom stereocenters. The lowest BCUT2D eigenvalue weighted by Crippen LogP contribution is -1.97. The van der Waals surface area contributed by atoms with Crippen LogP contribution >= 0.6 is 0 Å². The molecular weight excluding hydrogens is 432 g/mol. The van der Waals surface area contributed by atoms with E-state index in [0.29, 0.717) is 17.4 Å². The van der Waals surface area contributed by atoms with Crippen molar-refractivity contribution < 1.29 is 4.42 Å². The van der Waals surface area contributed by atoms with Gasteiger partial charge in [0.1, 0.15) is 11.2 Å². The Morgan fingerprint density at radius 2 is 1.43 bits per heavy atom. The number of hydrogen-bond acceptors (Lipinski definition) is 5. The van der Waals surface area contributed by atoms with E-state index in [2.05, 4.69) is 58.5 Å². The molecule has 164 valence electrons. The summed E-state index contributed by atoms with van der Waals surface area (Å²) in [5.74, 6) is 1.11. The second-order valence-corrected chi connectivity index (χ2v) is 8.36. The largest absolute Gasteiger partial charge is 0.435 e. The number of nitrogens with zero attached hydrogens (tertiary/aromatic N) is 4. The van der Waals surface area contributed by atoms with E-state index < -0.39 is 0 Å². The van der Waals surface area contributed by atoms with Crippen LogP contribution < -0.4 is 0 Å². The number of rotatable bonds is 3. The molecule has 7 rings (SSSR count). The summed E-state index contributed by atoms with van der Waals surface area (Å²) in [6, 6.07) is 34.3. The summed E-state index contributed by atoms with van der Waals surface area (Å²) >= 11 is 0. The average molecular weight is 451 g/mol. The molecule has 35 heavy (non-hydrogen) atoms. The van der Waals surface area contributed by atoms with Crippen LogP contribution in [0, 0.1) is 0 Å². The predicted molar refractivity (Wildman–Crippen MR) is 139 cm³/mol. The SMILES string of the molecule is c1ccc(-c2nc(-c3ccnc(-c4nc5ccccc5o4)c3)nc3ccc4ccccc4c23)cc1. The average Bonchev–Trinajstić information content (AvgIpc) is 3.37. The van der Waals surface area contributed by atoms with Crippen LogP contribution in [-0.4, -0.2) is 19.9 Å². The molecule has 0 amide bonds. The summed E-state index contributed by atoms with van der Waals surface area (Å²) in [5.41, 5.74) is 5.87. The minimum atomic E-state index is 0.475. The fourth-order valence-corrected chi connectivity index (χ4v) is 4.51. The Hall–Kier alpha value is -4.90. The molecule has 4 aromatic carbocycles. The zero-order chi connectivity index (χ0) is 23.2. The van der Waals surface area contributed by atoms with Crippen molar-refractivity contribution in [2.75, 3.05) is 0 Å². The summed E-state index contributed by atoms with van der Waals surface area (Å²) in [7, 11) is 0. The highest BCUT2D eigenvalue weighted by Gasteiger charge is 2.16. The van der Waals surface area contributed by atoms with Gasteiger partial charge in [0.15, 0.2) is 11.4 Å². The monoisotopic (exact) mass is 450 g/mol. The molecule has 0 aliphatic rings. The Morgan fingerprint density at radius 3 is 2.34 bits per heavy atom. The smallest absolute Gasteiger partial charge is 0.246 e. The maximum atomic E-state index is 5.94. The van der Waals surface area contributed by atoms with Crippen molar-refractivity contribution in [3.8, 4) is 34.2 Å². The lowest BCUT2D eigenvalue weighted by Gasteiger charge is -2.12. The first-order chi connectivity index (χ1) is 17.3. The van der Waals surface area contributed by atoms with Gasteiger partial charge in [-0.1, -0.05) is 72.8 Å². The summed E-state index contributed by atoms with van der Waals surface area (Å²) in [6.07, 6.45) is 1.75. The molecule has 0 N–H and O–H groups in total. The van der Waals surface area contributed by atoms with E-state index in [9.17, 15) is 0 Å². The van der Waals surface area contributed by atoms with Gasteiger partial charge in [-0.15, -0.1) is 0 Å². The zero-order valence-corrected chi connectivity index (χ0v) is 18.6. The predicted octanol–water partition coefficient (Wildman–Crippen LogP) is 7.32. The summed E-state index contributed by atoms with van der Waals surface area (Å²) in [4.78, 5) is 19.1. The standard InChI is InChI=1S/C30H18N4O/c1-2-9-20(10-3-1)28-27-22-11-5-4-8-19(22)14-15-24(27)32-29(34-28)21-16-17-31-25(18-21)30-33-23-12-6-7-13-26(23)35-30/h1-18H. The maximum Gasteiger partial charge on any atom is 0.246 e. The van der Waals surface area contributed by atoms with Gasteiger partial charge in [0.05, 0.1) is 11.2 Å². The molecule has 0 atom stereocenters. The molecule has 3 aromatic heterocycles. The van der Waals surface area contributed by atoms with Gasteiger partial charge in [0, 0.05) is 22.7 Å². The molecule has 0 aliphatic carbocycles. The van der Waals surface area contributed by atoms with E-state index in [1.54, 1.807) is 6.20 Å². The quantitative estimate of drug-likeness (QED) is 0.264. The van der Waals surface area contributed by atoms with Gasteiger partial charge in [0.25, 0.3) is 0 Å². The van der Waals surface area contributed by atoms with Gasteiger partial charge in [-0.2, -0.15) is 0 Å². The highest BCUT2D eigenvalue weighted by molar-refractivity contribution is 6.12. The van der Waals surface area contributed by atoms with Gasteiger partial charge >= 0.3 is 0 Å². The van der Waals surface area contributed by atoms with Crippen LogP contribution in [0.2, 0.25) is 0 Å². The molecule has 0 bridgehead atoms. The first kappa shape index (κ1) is 19.6. The number of benzene rings is 4. The number of pyridine rings is 1. The van der Waals surface area contributed by atoms with Crippen molar-refractivity contribution in [3.05, 3.63) is 109 Å². The molecule has 5 heteroatoms. The van der Waals surface area contributed by atoms with Crippen LogP contribution in [0.5, 0.6) is 0 Å². The highest BCUT2D eigenvalue weighted by Crippen LogP contribution is 2.34. The fourth-order valence-electron chi connectivity index (χ4n) is 4.51. The van der Waals surface area contributed by atoms with Crippen LogP contribution in [0.15, 0.2) is 114 Å². The third kappa shape index (κ3) is 3.33. The van der Waals surface area contributed by atoms with E-state index in [-0.39, 0.29) is 0 Å². The van der Waals surface area contributed by atoms with Gasteiger partial charge in [-0.05, 0) is 41.1 Å². The molecule has 0 saturated heterocycles. The van der Waals surface area contributed by atoms with Gasteiger partial charge in [-0.3, -0.25) is 4.98 Å². The van der Waals surface area contributed by atoms with Gasteiger partial charge < -0.3 is 4.42 Å². The Labute approximate surface area is 200 Å². The van der Waals surface area contributed by atoms with Gasteiger partial charge in [0.2, 0.25) is 5.89 Å². The number of oxazole rings is 1. The van der Waals surface area contributed by atoms with E-state index in [0.717, 1.165) is 49.6 Å². The second-order valence-electron chi connectivity index (χ2n) is 8.36. The minimum absolute atomic E-state index is 0.475. The van der Waals surface area contributed by atoms with Crippen molar-refractivity contribution in [1.82, 2.24) is 19.9 Å². The Kier molecular flexibility index (Phi) is 4.39. The summed E-state index contributed by atoms with van der Waals surface area (Å²) < 4.78 is 5.94. The van der Waals surface area contributed by atoms with Crippen LogP contribution in [-0.2, 0) is 0 Å². The highest BCUT2D eigenvalue weighted by atomic mass is 16.3. The van der Waals surface area contributed by atoms with E-state index >= 15 is 0 Å². The van der Waals surface area contributed by atoms with Crippen LogP contribution in [0.3, 0.4) is 0 Å². The first-order valence-electron chi connectivity index (χ1n) is 11.4. The molecular formula is C30H18N4O. The normalized spacial score (nSPS) is 11.4. The molecule has 0 radical (unpaired) electrons. The Morgan fingerprint density at radius 1 is 0.600 bits per heavy atom. The van der Waals surface area contributed by atoms with E-state index in [1.165, 1.54) is 0 Å². The number of aromatic nitrogens is 4. The molecule has 0 fully saturated rings. The lowest BCUT2D eigenvalue weighted by atomic mass is 10.00. The molecule has 0 saturated carbocycles. The maximum absolute atomic E-state index is 5.94. The van der Waals surface area contributed by atoms with Crippen molar-refractivity contribution in [2.45, 2.75) is 0 Å². The van der Waals surface area contributed by atoms with Crippen molar-refractivity contribution in [2.24, 2.45) is 0 Å². The third-order valence-electron chi connectivity index (χ3n) is 6.17. The van der Waals surface area contributed by atoms with Crippen molar-refractivity contribution in [1.29, 1.82) is 0 Å². The van der Waals surface area contributed by atoms with Crippen LogP contribution in [0.1, 0.15) is 0 Å². The Bertz CT molecular complexity index is 1820.